The van der Waals surface area contributed by atoms with Gasteiger partial charge in [-0.2, -0.15) is 13.2 Å². The summed E-state index contributed by atoms with van der Waals surface area (Å²) in [6, 6.07) is 6.28. The van der Waals surface area contributed by atoms with Crippen LogP contribution in [-0.4, -0.2) is 30.0 Å². The van der Waals surface area contributed by atoms with Gasteiger partial charge in [0.2, 0.25) is 5.91 Å². The summed E-state index contributed by atoms with van der Waals surface area (Å²) in [5, 5.41) is 4.11. The second-order valence-electron chi connectivity index (χ2n) is 7.52. The van der Waals surface area contributed by atoms with Crippen LogP contribution in [0.3, 0.4) is 0 Å². The molecule has 2 heterocycles. The molecule has 2 aromatic rings. The van der Waals surface area contributed by atoms with Gasteiger partial charge in [-0.05, 0) is 48.6 Å². The van der Waals surface area contributed by atoms with Gasteiger partial charge in [-0.25, -0.2) is 0 Å². The minimum Gasteiger partial charge on any atom is -0.368 e. The quantitative estimate of drug-likeness (QED) is 0.730. The summed E-state index contributed by atoms with van der Waals surface area (Å²) < 4.78 is 38.7. The first-order valence-corrected chi connectivity index (χ1v) is 10.00. The Bertz CT molecular complexity index is 917. The van der Waals surface area contributed by atoms with E-state index < -0.39 is 11.7 Å². The van der Waals surface area contributed by atoms with Crippen LogP contribution < -0.4 is 10.2 Å². The van der Waals surface area contributed by atoms with Crippen LogP contribution in [-0.2, 0) is 11.0 Å². The molecule has 2 aliphatic rings. The molecular formula is C20H18Cl2F3N3O. The van der Waals surface area contributed by atoms with Gasteiger partial charge in [0.25, 0.3) is 0 Å². The van der Waals surface area contributed by atoms with Crippen molar-refractivity contribution in [3.8, 4) is 0 Å². The third-order valence-corrected chi connectivity index (χ3v) is 5.83. The van der Waals surface area contributed by atoms with Crippen LogP contribution in [0.5, 0.6) is 0 Å². The van der Waals surface area contributed by atoms with Crippen LogP contribution in [0.2, 0.25) is 10.0 Å². The van der Waals surface area contributed by atoms with Gasteiger partial charge in [-0.3, -0.25) is 9.78 Å². The summed E-state index contributed by atoms with van der Waals surface area (Å²) in [6.45, 7) is 1.01. The van der Waals surface area contributed by atoms with E-state index in [1.54, 1.807) is 6.07 Å². The van der Waals surface area contributed by atoms with Crippen molar-refractivity contribution < 1.29 is 18.0 Å². The number of nitrogens with zero attached hydrogens (tertiary/aromatic N) is 2. The Labute approximate surface area is 176 Å². The molecule has 3 atom stereocenters. The van der Waals surface area contributed by atoms with Crippen molar-refractivity contribution in [3.05, 3.63) is 57.8 Å². The first kappa shape index (κ1) is 20.3. The Kier molecular flexibility index (Phi) is 5.38. The Morgan fingerprint density at radius 1 is 1.14 bits per heavy atom. The highest BCUT2D eigenvalue weighted by Gasteiger charge is 2.45. The maximum Gasteiger partial charge on any atom is 0.417 e. The van der Waals surface area contributed by atoms with Crippen LogP contribution in [0, 0.1) is 5.92 Å². The lowest BCUT2D eigenvalue weighted by molar-refractivity contribution is -0.137. The number of carbonyl (C=O) groups is 1. The lowest BCUT2D eigenvalue weighted by Gasteiger charge is -2.20. The van der Waals surface area contributed by atoms with E-state index in [1.807, 2.05) is 17.0 Å². The number of carbonyl (C=O) groups excluding carboxylic acids is 1. The van der Waals surface area contributed by atoms with Crippen molar-refractivity contribution in [1.82, 2.24) is 10.3 Å². The van der Waals surface area contributed by atoms with Crippen molar-refractivity contribution in [3.63, 3.8) is 0 Å². The summed E-state index contributed by atoms with van der Waals surface area (Å²) in [5.41, 5.74) is 0.587. The molecule has 0 radical (unpaired) electrons. The number of amides is 1. The number of anilines is 1. The number of alkyl halides is 3. The maximum atomic E-state index is 12.9. The lowest BCUT2D eigenvalue weighted by Crippen LogP contribution is -2.38. The molecule has 0 spiro atoms. The molecule has 2 fully saturated rings. The van der Waals surface area contributed by atoms with E-state index in [2.05, 4.69) is 10.3 Å². The van der Waals surface area contributed by atoms with E-state index in [1.165, 1.54) is 6.20 Å². The normalized spacial score (nSPS) is 23.9. The van der Waals surface area contributed by atoms with E-state index in [-0.39, 0.29) is 23.8 Å². The Morgan fingerprint density at radius 2 is 1.86 bits per heavy atom. The molecule has 1 amide bonds. The Balaban J connectivity index is 1.34. The van der Waals surface area contributed by atoms with Crippen LogP contribution in [0.25, 0.3) is 0 Å². The number of hydrogen-bond acceptors (Lipinski definition) is 3. The summed E-state index contributed by atoms with van der Waals surface area (Å²) in [4.78, 5) is 18.1. The highest BCUT2D eigenvalue weighted by Crippen LogP contribution is 2.48. The fourth-order valence-electron chi connectivity index (χ4n) is 3.82. The number of rotatable bonds is 4. The van der Waals surface area contributed by atoms with Crippen molar-refractivity contribution in [2.24, 2.45) is 5.92 Å². The zero-order valence-corrected chi connectivity index (χ0v) is 16.7. The average Bonchev–Trinajstić information content (AvgIpc) is 3.33. The maximum absolute atomic E-state index is 12.9. The second-order valence-corrected chi connectivity index (χ2v) is 8.39. The highest BCUT2D eigenvalue weighted by molar-refractivity contribution is 6.34. The van der Waals surface area contributed by atoms with Gasteiger partial charge in [-0.15, -0.1) is 0 Å². The zero-order chi connectivity index (χ0) is 20.8. The fourth-order valence-corrected chi connectivity index (χ4v) is 4.36. The van der Waals surface area contributed by atoms with Gasteiger partial charge in [-0.1, -0.05) is 23.2 Å². The fraction of sp³-hybridized carbons (Fsp3) is 0.400. The monoisotopic (exact) mass is 443 g/mol. The molecule has 154 valence electrons. The van der Waals surface area contributed by atoms with Crippen LogP contribution in [0.1, 0.15) is 29.9 Å². The van der Waals surface area contributed by atoms with Crippen molar-refractivity contribution in [2.75, 3.05) is 18.0 Å². The predicted molar refractivity (Wildman–Crippen MR) is 105 cm³/mol. The largest absolute Gasteiger partial charge is 0.417 e. The van der Waals surface area contributed by atoms with E-state index in [4.69, 9.17) is 23.2 Å². The van der Waals surface area contributed by atoms with Gasteiger partial charge in [0.1, 0.15) is 0 Å². The van der Waals surface area contributed by atoms with Crippen molar-refractivity contribution in [2.45, 2.75) is 31.0 Å². The van der Waals surface area contributed by atoms with Crippen molar-refractivity contribution >= 4 is 34.8 Å². The molecule has 0 bridgehead atoms. The van der Waals surface area contributed by atoms with Gasteiger partial charge < -0.3 is 10.2 Å². The number of nitrogens with one attached hydrogen (secondary N) is 1. The summed E-state index contributed by atoms with van der Waals surface area (Å²) >= 11 is 12.1. The Hall–Kier alpha value is -1.99. The molecular weight excluding hydrogens is 426 g/mol. The van der Waals surface area contributed by atoms with Crippen molar-refractivity contribution in [1.29, 1.82) is 0 Å². The topological polar surface area (TPSA) is 45.2 Å². The van der Waals surface area contributed by atoms with E-state index in [0.29, 0.717) is 35.2 Å². The van der Waals surface area contributed by atoms with Crippen LogP contribution >= 0.6 is 23.2 Å². The second kappa shape index (κ2) is 7.69. The smallest absolute Gasteiger partial charge is 0.368 e. The zero-order valence-electron chi connectivity index (χ0n) is 15.2. The van der Waals surface area contributed by atoms with Crippen LogP contribution in [0.15, 0.2) is 36.7 Å². The molecule has 1 aliphatic heterocycles. The number of halogens is 5. The third-order valence-electron chi connectivity index (χ3n) is 5.39. The van der Waals surface area contributed by atoms with Gasteiger partial charge in [0, 0.05) is 41.3 Å². The van der Waals surface area contributed by atoms with Gasteiger partial charge in [0.15, 0.2) is 0 Å². The highest BCUT2D eigenvalue weighted by atomic mass is 35.5. The molecule has 3 unspecified atom stereocenters. The van der Waals surface area contributed by atoms with E-state index >= 15 is 0 Å². The molecule has 9 heteroatoms. The SMILES string of the molecule is O=C(NC1CCN(c2cncc(C(F)(F)F)c2)C1)C1CC1c1cc(Cl)cc(Cl)c1. The first-order chi connectivity index (χ1) is 13.7. The molecule has 29 heavy (non-hydrogen) atoms. The van der Waals surface area contributed by atoms with Gasteiger partial charge in [0.05, 0.1) is 17.4 Å². The summed E-state index contributed by atoms with van der Waals surface area (Å²) in [6.07, 6.45) is -0.799. The number of hydrogen-bond donors (Lipinski definition) is 1. The minimum atomic E-state index is -4.43. The molecule has 1 saturated heterocycles. The van der Waals surface area contributed by atoms with E-state index in [9.17, 15) is 18.0 Å². The lowest BCUT2D eigenvalue weighted by atomic mass is 10.1. The summed E-state index contributed by atoms with van der Waals surface area (Å²) in [5.74, 6) is -0.0784. The number of pyridine rings is 1. The molecule has 1 saturated carbocycles. The van der Waals surface area contributed by atoms with Gasteiger partial charge >= 0.3 is 6.18 Å². The standard InChI is InChI=1S/C20H18Cl2F3N3O/c21-13-3-11(4-14(22)6-13)17-7-18(17)19(29)27-15-1-2-28(10-15)16-5-12(8-26-9-16)20(23,24)25/h3-6,8-9,15,17-18H,1-2,7,10H2,(H,27,29). The predicted octanol–water partition coefficient (Wildman–Crippen LogP) is 4.91. The third kappa shape index (κ3) is 4.61. The average molecular weight is 444 g/mol. The molecule has 1 aromatic carbocycles. The van der Waals surface area contributed by atoms with E-state index in [0.717, 1.165) is 24.2 Å². The molecule has 1 aliphatic carbocycles. The molecule has 1 aromatic heterocycles. The molecule has 1 N–H and O–H groups in total. The first-order valence-electron chi connectivity index (χ1n) is 9.24. The summed E-state index contributed by atoms with van der Waals surface area (Å²) in [7, 11) is 0. The number of aromatic nitrogens is 1. The number of benzene rings is 1. The Morgan fingerprint density at radius 3 is 2.55 bits per heavy atom. The molecule has 4 rings (SSSR count). The minimum absolute atomic E-state index is 0.0416. The molecule has 4 nitrogen and oxygen atoms in total. The van der Waals surface area contributed by atoms with Crippen LogP contribution in [0.4, 0.5) is 18.9 Å².